The van der Waals surface area contributed by atoms with Crippen LogP contribution in [-0.2, 0) is 9.53 Å². The van der Waals surface area contributed by atoms with Crippen molar-refractivity contribution in [3.63, 3.8) is 0 Å². The molecule has 2 aliphatic carbocycles. The van der Waals surface area contributed by atoms with E-state index in [1.54, 1.807) is 12.2 Å². The molecule has 26 heavy (non-hydrogen) atoms. The summed E-state index contributed by atoms with van der Waals surface area (Å²) in [6.07, 6.45) is 2.97. The van der Waals surface area contributed by atoms with E-state index in [2.05, 4.69) is 29.6 Å². The Kier molecular flexibility index (Phi) is 4.21. The Labute approximate surface area is 151 Å². The van der Waals surface area contributed by atoms with Gasteiger partial charge in [-0.25, -0.2) is 4.79 Å². The zero-order chi connectivity index (χ0) is 18.1. The molecule has 0 bridgehead atoms. The van der Waals surface area contributed by atoms with E-state index in [0.717, 1.165) is 11.1 Å². The lowest BCUT2D eigenvalue weighted by molar-refractivity contribution is -0.309. The Bertz CT molecular complexity index is 844. The van der Waals surface area contributed by atoms with Gasteiger partial charge in [0.05, 0.1) is 6.04 Å². The highest BCUT2D eigenvalue weighted by atomic mass is 16.5. The Hall–Kier alpha value is -3.08. The second-order valence-corrected chi connectivity index (χ2v) is 6.62. The molecule has 132 valence electrons. The van der Waals surface area contributed by atoms with E-state index in [4.69, 9.17) is 4.74 Å². The van der Waals surface area contributed by atoms with Gasteiger partial charge >= 0.3 is 6.09 Å². The molecule has 5 heteroatoms. The molecule has 2 atom stereocenters. The topological polar surface area (TPSA) is 78.5 Å². The highest BCUT2D eigenvalue weighted by Gasteiger charge is 2.29. The first-order chi connectivity index (χ1) is 12.6. The van der Waals surface area contributed by atoms with Crippen LogP contribution in [-0.4, -0.2) is 24.7 Å². The number of amides is 1. The van der Waals surface area contributed by atoms with Crippen molar-refractivity contribution in [3.8, 4) is 11.1 Å². The van der Waals surface area contributed by atoms with E-state index in [-0.39, 0.29) is 18.6 Å². The summed E-state index contributed by atoms with van der Waals surface area (Å²) < 4.78 is 5.45. The Balaban J connectivity index is 1.41. The van der Waals surface area contributed by atoms with Gasteiger partial charge in [-0.3, -0.25) is 0 Å². The SMILES string of the molecule is O=C(N[C@@H]1C=C[C@@H](C(=O)[O-])C1)OCC1c2ccccc2-c2ccccc21. The summed E-state index contributed by atoms with van der Waals surface area (Å²) in [4.78, 5) is 23.0. The molecule has 0 saturated heterocycles. The normalized spacial score (nSPS) is 20.5. The number of alkyl carbamates (subject to hydrolysis) is 1. The van der Waals surface area contributed by atoms with E-state index < -0.39 is 18.0 Å². The van der Waals surface area contributed by atoms with Gasteiger partial charge in [0.1, 0.15) is 6.61 Å². The van der Waals surface area contributed by atoms with Crippen molar-refractivity contribution in [2.24, 2.45) is 5.92 Å². The molecule has 4 rings (SSSR count). The van der Waals surface area contributed by atoms with Gasteiger partial charge in [0.25, 0.3) is 0 Å². The van der Waals surface area contributed by atoms with Crippen LogP contribution in [0, 0.1) is 5.92 Å². The zero-order valence-corrected chi connectivity index (χ0v) is 14.1. The van der Waals surface area contributed by atoms with Crippen LogP contribution in [0.2, 0.25) is 0 Å². The van der Waals surface area contributed by atoms with Crippen LogP contribution in [0.15, 0.2) is 60.7 Å². The third kappa shape index (κ3) is 2.96. The molecular formula is C21H18NO4-. The summed E-state index contributed by atoms with van der Waals surface area (Å²) in [5.74, 6) is -1.78. The van der Waals surface area contributed by atoms with E-state index in [9.17, 15) is 14.7 Å². The number of carboxylic acids is 1. The molecule has 0 unspecified atom stereocenters. The summed E-state index contributed by atoms with van der Waals surface area (Å²) in [6, 6.07) is 15.9. The van der Waals surface area contributed by atoms with E-state index in [1.165, 1.54) is 11.1 Å². The van der Waals surface area contributed by atoms with Gasteiger partial charge in [0.2, 0.25) is 0 Å². The van der Waals surface area contributed by atoms with Crippen molar-refractivity contribution in [3.05, 3.63) is 71.8 Å². The monoisotopic (exact) mass is 348 g/mol. The summed E-state index contributed by atoms with van der Waals surface area (Å²) in [6.45, 7) is 0.236. The van der Waals surface area contributed by atoms with Crippen molar-refractivity contribution >= 4 is 12.1 Å². The van der Waals surface area contributed by atoms with E-state index in [1.807, 2.05) is 24.3 Å². The minimum atomic E-state index is -1.13. The molecule has 0 spiro atoms. The van der Waals surface area contributed by atoms with Crippen molar-refractivity contribution in [1.82, 2.24) is 5.32 Å². The Morgan fingerprint density at radius 2 is 1.62 bits per heavy atom. The van der Waals surface area contributed by atoms with Crippen LogP contribution in [0.5, 0.6) is 0 Å². The molecule has 0 aliphatic heterocycles. The van der Waals surface area contributed by atoms with Gasteiger partial charge in [-0.15, -0.1) is 0 Å². The molecule has 2 aromatic carbocycles. The van der Waals surface area contributed by atoms with Crippen molar-refractivity contribution in [2.75, 3.05) is 6.61 Å². The number of carbonyl (C=O) groups excluding carboxylic acids is 2. The second kappa shape index (κ2) is 6.67. The van der Waals surface area contributed by atoms with Crippen LogP contribution < -0.4 is 10.4 Å². The molecule has 0 saturated carbocycles. The van der Waals surface area contributed by atoms with Gasteiger partial charge in [0, 0.05) is 17.8 Å². The number of carboxylic acid groups (broad SMARTS) is 1. The molecule has 5 nitrogen and oxygen atoms in total. The minimum absolute atomic E-state index is 0.00300. The number of hydrogen-bond acceptors (Lipinski definition) is 4. The predicted octanol–water partition coefficient (Wildman–Crippen LogP) is 2.22. The molecule has 2 aliphatic rings. The van der Waals surface area contributed by atoms with E-state index in [0.29, 0.717) is 6.42 Å². The molecular weight excluding hydrogens is 330 g/mol. The number of ether oxygens (including phenoxy) is 1. The number of carbonyl (C=O) groups is 2. The van der Waals surface area contributed by atoms with Gasteiger partial charge < -0.3 is 20.0 Å². The number of nitrogens with one attached hydrogen (secondary N) is 1. The fourth-order valence-corrected chi connectivity index (χ4v) is 3.77. The maximum absolute atomic E-state index is 12.1. The molecule has 0 heterocycles. The second-order valence-electron chi connectivity index (χ2n) is 6.62. The Morgan fingerprint density at radius 3 is 2.19 bits per heavy atom. The lowest BCUT2D eigenvalue weighted by Crippen LogP contribution is -2.36. The van der Waals surface area contributed by atoms with Gasteiger partial charge in [0.15, 0.2) is 0 Å². The fourth-order valence-electron chi connectivity index (χ4n) is 3.77. The quantitative estimate of drug-likeness (QED) is 0.860. The maximum atomic E-state index is 12.1. The molecule has 1 N–H and O–H groups in total. The number of fused-ring (bicyclic) bond motifs is 3. The van der Waals surface area contributed by atoms with E-state index >= 15 is 0 Å². The van der Waals surface area contributed by atoms with Crippen LogP contribution in [0.1, 0.15) is 23.5 Å². The average molecular weight is 348 g/mol. The van der Waals surface area contributed by atoms with Crippen LogP contribution in [0.3, 0.4) is 0 Å². The number of hydrogen-bond donors (Lipinski definition) is 1. The lowest BCUT2D eigenvalue weighted by Gasteiger charge is -2.17. The molecule has 2 aromatic rings. The van der Waals surface area contributed by atoms with Crippen molar-refractivity contribution < 1.29 is 19.4 Å². The zero-order valence-electron chi connectivity index (χ0n) is 14.1. The summed E-state index contributed by atoms with van der Waals surface area (Å²) in [7, 11) is 0. The van der Waals surface area contributed by atoms with Crippen molar-refractivity contribution in [2.45, 2.75) is 18.4 Å². The first-order valence-electron chi connectivity index (χ1n) is 8.64. The number of rotatable bonds is 4. The highest BCUT2D eigenvalue weighted by molar-refractivity contribution is 5.79. The van der Waals surface area contributed by atoms with Gasteiger partial charge in [-0.1, -0.05) is 60.7 Å². The first kappa shape index (κ1) is 16.4. The Morgan fingerprint density at radius 1 is 1.00 bits per heavy atom. The molecule has 1 amide bonds. The average Bonchev–Trinajstić information content (AvgIpc) is 3.23. The maximum Gasteiger partial charge on any atom is 0.407 e. The molecule has 0 radical (unpaired) electrons. The molecule has 0 aromatic heterocycles. The van der Waals surface area contributed by atoms with Gasteiger partial charge in [-0.05, 0) is 28.7 Å². The first-order valence-corrected chi connectivity index (χ1v) is 8.64. The number of benzene rings is 2. The third-order valence-corrected chi connectivity index (χ3v) is 5.03. The predicted molar refractivity (Wildman–Crippen MR) is 94.2 cm³/mol. The number of aliphatic carboxylic acids is 1. The summed E-state index contributed by atoms with van der Waals surface area (Å²) >= 11 is 0. The minimum Gasteiger partial charge on any atom is -0.550 e. The van der Waals surface area contributed by atoms with Crippen LogP contribution >= 0.6 is 0 Å². The summed E-state index contributed by atoms with van der Waals surface area (Å²) in [5, 5.41) is 13.6. The fraction of sp³-hybridized carbons (Fsp3) is 0.238. The van der Waals surface area contributed by atoms with Crippen molar-refractivity contribution in [1.29, 1.82) is 0 Å². The molecule has 0 fully saturated rings. The van der Waals surface area contributed by atoms with Gasteiger partial charge in [-0.2, -0.15) is 0 Å². The van der Waals surface area contributed by atoms with Crippen LogP contribution in [0.4, 0.5) is 4.79 Å². The smallest absolute Gasteiger partial charge is 0.407 e. The summed E-state index contributed by atoms with van der Waals surface area (Å²) in [5.41, 5.74) is 4.65. The van der Waals surface area contributed by atoms with Crippen LogP contribution in [0.25, 0.3) is 11.1 Å². The standard InChI is InChI=1S/C21H19NO4/c23-20(24)13-9-10-14(11-13)22-21(25)26-12-19-17-7-3-1-5-15(17)16-6-2-4-8-18(16)19/h1-10,13-14,19H,11-12H2,(H,22,25)(H,23,24)/p-1/t13-,14-/m1/s1. The lowest BCUT2D eigenvalue weighted by atomic mass is 9.98. The highest BCUT2D eigenvalue weighted by Crippen LogP contribution is 2.44. The third-order valence-electron chi connectivity index (χ3n) is 5.03. The largest absolute Gasteiger partial charge is 0.550 e.